The van der Waals surface area contributed by atoms with Crippen LogP contribution in [0.4, 0.5) is 0 Å². The lowest BCUT2D eigenvalue weighted by Crippen LogP contribution is -2.38. The van der Waals surface area contributed by atoms with E-state index in [4.69, 9.17) is 16.6 Å². The van der Waals surface area contributed by atoms with Gasteiger partial charge in [0.25, 0.3) is 0 Å². The summed E-state index contributed by atoms with van der Waals surface area (Å²) >= 11 is 6.39. The van der Waals surface area contributed by atoms with E-state index in [1.807, 2.05) is 20.0 Å². The number of hydrogen-bond acceptors (Lipinski definition) is 3. The van der Waals surface area contributed by atoms with E-state index < -0.39 is 0 Å². The molecule has 5 heteroatoms. The van der Waals surface area contributed by atoms with E-state index in [-0.39, 0.29) is 5.38 Å². The molecule has 0 aliphatic carbocycles. The minimum atomic E-state index is -0.105. The molecular weight excluding hydrogens is 284 g/mol. The number of piperidine rings is 1. The van der Waals surface area contributed by atoms with Gasteiger partial charge in [0.2, 0.25) is 0 Å². The Kier molecular flexibility index (Phi) is 3.93. The van der Waals surface area contributed by atoms with Crippen LogP contribution in [0.5, 0.6) is 0 Å². The smallest absolute Gasteiger partial charge is 0.160 e. The summed E-state index contributed by atoms with van der Waals surface area (Å²) in [6, 6.07) is 2.53. The minimum Gasteiger partial charge on any atom is -0.308 e. The molecule has 0 amide bonds. The second kappa shape index (κ2) is 5.58. The van der Waals surface area contributed by atoms with Crippen LogP contribution in [0.25, 0.3) is 11.2 Å². The Morgan fingerprint density at radius 1 is 1.43 bits per heavy atom. The van der Waals surface area contributed by atoms with Crippen molar-refractivity contribution in [3.8, 4) is 0 Å². The first-order valence-corrected chi connectivity index (χ1v) is 8.08. The fraction of sp³-hybridized carbons (Fsp3) is 0.625. The highest BCUT2D eigenvalue weighted by atomic mass is 35.5. The summed E-state index contributed by atoms with van der Waals surface area (Å²) in [5.41, 5.74) is 3.07. The Labute approximate surface area is 131 Å². The molecule has 0 spiro atoms. The number of aryl methyl sites for hydroxylation is 1. The molecule has 1 saturated heterocycles. The van der Waals surface area contributed by atoms with E-state index >= 15 is 0 Å². The number of imidazole rings is 1. The van der Waals surface area contributed by atoms with E-state index in [1.54, 1.807) is 0 Å². The van der Waals surface area contributed by atoms with Crippen LogP contribution >= 0.6 is 11.6 Å². The van der Waals surface area contributed by atoms with Crippen molar-refractivity contribution >= 4 is 22.8 Å². The molecule has 1 aliphatic rings. The number of aromatic nitrogens is 3. The molecule has 0 bridgehead atoms. The fourth-order valence-electron chi connectivity index (χ4n) is 3.43. The van der Waals surface area contributed by atoms with Gasteiger partial charge in [-0.1, -0.05) is 6.92 Å². The highest BCUT2D eigenvalue weighted by molar-refractivity contribution is 6.20. The molecule has 114 valence electrons. The average molecular weight is 307 g/mol. The van der Waals surface area contributed by atoms with Gasteiger partial charge in [0.15, 0.2) is 5.65 Å². The lowest BCUT2D eigenvalue weighted by Gasteiger charge is -2.36. The monoisotopic (exact) mass is 306 g/mol. The van der Waals surface area contributed by atoms with Crippen LogP contribution in [-0.2, 0) is 0 Å². The maximum absolute atomic E-state index is 6.39. The molecule has 3 heterocycles. The van der Waals surface area contributed by atoms with Gasteiger partial charge in [-0.05, 0) is 51.4 Å². The van der Waals surface area contributed by atoms with Gasteiger partial charge in [-0.3, -0.25) is 0 Å². The maximum Gasteiger partial charge on any atom is 0.160 e. The molecule has 21 heavy (non-hydrogen) atoms. The van der Waals surface area contributed by atoms with Crippen molar-refractivity contribution in [2.75, 3.05) is 20.1 Å². The van der Waals surface area contributed by atoms with Crippen molar-refractivity contribution in [2.45, 2.75) is 38.6 Å². The Bertz CT molecular complexity index is 649. The first-order valence-electron chi connectivity index (χ1n) is 7.64. The summed E-state index contributed by atoms with van der Waals surface area (Å²) in [5, 5.41) is -0.105. The lowest BCUT2D eigenvalue weighted by molar-refractivity contribution is 0.159. The van der Waals surface area contributed by atoms with E-state index in [0.29, 0.717) is 12.0 Å². The predicted octanol–water partition coefficient (Wildman–Crippen LogP) is 3.55. The van der Waals surface area contributed by atoms with Gasteiger partial charge in [0, 0.05) is 18.8 Å². The molecule has 3 atom stereocenters. The quantitative estimate of drug-likeness (QED) is 0.796. The molecule has 0 saturated carbocycles. The van der Waals surface area contributed by atoms with Crippen molar-refractivity contribution in [1.82, 2.24) is 19.4 Å². The third kappa shape index (κ3) is 2.67. The molecule has 0 aromatic carbocycles. The highest BCUT2D eigenvalue weighted by Gasteiger charge is 2.30. The van der Waals surface area contributed by atoms with Crippen LogP contribution in [0.1, 0.15) is 43.1 Å². The average Bonchev–Trinajstić information content (AvgIpc) is 2.77. The lowest BCUT2D eigenvalue weighted by atomic mass is 9.93. The summed E-state index contributed by atoms with van der Waals surface area (Å²) in [5.74, 6) is 1.52. The first kappa shape index (κ1) is 14.8. The van der Waals surface area contributed by atoms with Crippen LogP contribution in [0.3, 0.4) is 0 Å². The zero-order valence-electron chi connectivity index (χ0n) is 13.2. The molecule has 3 unspecified atom stereocenters. The van der Waals surface area contributed by atoms with Crippen LogP contribution in [-0.4, -0.2) is 39.6 Å². The topological polar surface area (TPSA) is 34.0 Å². The van der Waals surface area contributed by atoms with Gasteiger partial charge in [0.1, 0.15) is 11.3 Å². The largest absolute Gasteiger partial charge is 0.308 e. The second-order valence-corrected chi connectivity index (χ2v) is 7.06. The van der Waals surface area contributed by atoms with Crippen LogP contribution in [0.15, 0.2) is 12.3 Å². The van der Waals surface area contributed by atoms with Crippen molar-refractivity contribution in [2.24, 2.45) is 5.92 Å². The Morgan fingerprint density at radius 2 is 2.19 bits per heavy atom. The highest BCUT2D eigenvalue weighted by Crippen LogP contribution is 2.34. The predicted molar refractivity (Wildman–Crippen MR) is 86.8 cm³/mol. The Balaban J connectivity index is 2.13. The number of pyridine rings is 1. The summed E-state index contributed by atoms with van der Waals surface area (Å²) in [7, 11) is 2.19. The normalized spacial score (nSPS) is 25.4. The van der Waals surface area contributed by atoms with Gasteiger partial charge < -0.3 is 9.47 Å². The Morgan fingerprint density at radius 3 is 2.86 bits per heavy atom. The summed E-state index contributed by atoms with van der Waals surface area (Å²) < 4.78 is 2.30. The first-order chi connectivity index (χ1) is 9.97. The standard InChI is InChI=1S/C16H23ClN4/c1-10-7-13-16(18-8-10)21(15(19-13)12(3)17)14-5-6-20(4)9-11(14)2/h7-8,11-12,14H,5-6,9H2,1-4H3. The number of fused-ring (bicyclic) bond motifs is 1. The number of hydrogen-bond donors (Lipinski definition) is 0. The SMILES string of the molecule is Cc1cnc2c(c1)nc(C(C)Cl)n2C1CCN(C)CC1C. The Hall–Kier alpha value is -1.13. The van der Waals surface area contributed by atoms with Crippen LogP contribution in [0.2, 0.25) is 0 Å². The van der Waals surface area contributed by atoms with Gasteiger partial charge in [-0.2, -0.15) is 0 Å². The van der Waals surface area contributed by atoms with E-state index in [9.17, 15) is 0 Å². The molecule has 2 aromatic rings. The third-order valence-electron chi connectivity index (χ3n) is 4.44. The summed E-state index contributed by atoms with van der Waals surface area (Å²) in [6.45, 7) is 8.56. The zero-order valence-corrected chi connectivity index (χ0v) is 13.9. The fourth-order valence-corrected chi connectivity index (χ4v) is 3.59. The van der Waals surface area contributed by atoms with Crippen molar-refractivity contribution in [1.29, 1.82) is 0 Å². The van der Waals surface area contributed by atoms with Gasteiger partial charge >= 0.3 is 0 Å². The third-order valence-corrected chi connectivity index (χ3v) is 4.64. The number of likely N-dealkylation sites (tertiary alicyclic amines) is 1. The van der Waals surface area contributed by atoms with Crippen LogP contribution in [0, 0.1) is 12.8 Å². The van der Waals surface area contributed by atoms with Gasteiger partial charge in [-0.25, -0.2) is 9.97 Å². The number of rotatable bonds is 2. The number of nitrogens with zero attached hydrogens (tertiary/aromatic N) is 4. The molecule has 3 rings (SSSR count). The molecule has 0 N–H and O–H groups in total. The molecule has 1 fully saturated rings. The van der Waals surface area contributed by atoms with Gasteiger partial charge in [0.05, 0.1) is 5.38 Å². The summed E-state index contributed by atoms with van der Waals surface area (Å²) in [6.07, 6.45) is 3.04. The number of alkyl halides is 1. The number of halogens is 1. The molecule has 0 radical (unpaired) electrons. The van der Waals surface area contributed by atoms with E-state index in [2.05, 4.69) is 34.5 Å². The second-order valence-electron chi connectivity index (χ2n) is 6.41. The van der Waals surface area contributed by atoms with E-state index in [1.165, 1.54) is 0 Å². The molecule has 2 aromatic heterocycles. The van der Waals surface area contributed by atoms with Crippen molar-refractivity contribution in [3.63, 3.8) is 0 Å². The molecular formula is C16H23ClN4. The maximum atomic E-state index is 6.39. The molecule has 1 aliphatic heterocycles. The zero-order chi connectivity index (χ0) is 15.1. The van der Waals surface area contributed by atoms with Crippen molar-refractivity contribution < 1.29 is 0 Å². The van der Waals surface area contributed by atoms with Gasteiger partial charge in [-0.15, -0.1) is 11.6 Å². The van der Waals surface area contributed by atoms with E-state index in [0.717, 1.165) is 42.1 Å². The molecule has 4 nitrogen and oxygen atoms in total. The summed E-state index contributed by atoms with van der Waals surface area (Å²) in [4.78, 5) is 11.8. The minimum absolute atomic E-state index is 0.105. The van der Waals surface area contributed by atoms with Crippen LogP contribution < -0.4 is 0 Å². The van der Waals surface area contributed by atoms with Crippen molar-refractivity contribution in [3.05, 3.63) is 23.7 Å².